The Kier molecular flexibility index (Phi) is 6.34. The highest BCUT2D eigenvalue weighted by Crippen LogP contribution is 2.32. The minimum atomic E-state index is -4.78. The molecule has 1 fully saturated rings. The molecule has 0 unspecified atom stereocenters. The van der Waals surface area contributed by atoms with Crippen molar-refractivity contribution in [3.63, 3.8) is 0 Å². The van der Waals surface area contributed by atoms with Crippen LogP contribution in [0.25, 0.3) is 11.1 Å². The number of aromatic nitrogens is 2. The number of hydrogen-bond donors (Lipinski definition) is 1. The number of hydrogen-bond acceptors (Lipinski definition) is 6. The Morgan fingerprint density at radius 3 is 2.36 bits per heavy atom. The smallest absolute Gasteiger partial charge is 0.481 e. The highest BCUT2D eigenvalue weighted by atomic mass is 19.4. The molecular formula is C23H21F3N4O3. The molecule has 7 nitrogen and oxygen atoms in total. The number of benzene rings is 1. The summed E-state index contributed by atoms with van der Waals surface area (Å²) < 4.78 is 45.9. The van der Waals surface area contributed by atoms with Crippen LogP contribution in [0.2, 0.25) is 0 Å². The largest absolute Gasteiger partial charge is 0.573 e. The summed E-state index contributed by atoms with van der Waals surface area (Å²) in [5, 5.41) is 2.67. The van der Waals surface area contributed by atoms with Gasteiger partial charge in [0.2, 0.25) is 5.88 Å². The Labute approximate surface area is 188 Å². The van der Waals surface area contributed by atoms with E-state index in [0.717, 1.165) is 55.0 Å². The molecule has 0 aliphatic carbocycles. The summed E-state index contributed by atoms with van der Waals surface area (Å²) in [4.78, 5) is 23.8. The molecule has 1 amide bonds. The molecule has 1 aliphatic heterocycles. The number of carbonyl (C=O) groups excluding carboxylic acids is 1. The first-order chi connectivity index (χ1) is 15.8. The van der Waals surface area contributed by atoms with Crippen LogP contribution in [0.3, 0.4) is 0 Å². The zero-order valence-electron chi connectivity index (χ0n) is 17.7. The summed E-state index contributed by atoms with van der Waals surface area (Å²) in [5.74, 6) is 0.431. The van der Waals surface area contributed by atoms with Crippen LogP contribution < -0.4 is 19.7 Å². The van der Waals surface area contributed by atoms with Crippen molar-refractivity contribution in [2.75, 3.05) is 30.4 Å². The van der Waals surface area contributed by atoms with Gasteiger partial charge in [0.15, 0.2) is 0 Å². The van der Waals surface area contributed by atoms with Crippen LogP contribution in [0, 0.1) is 0 Å². The molecule has 0 spiro atoms. The lowest BCUT2D eigenvalue weighted by molar-refractivity contribution is -0.274. The van der Waals surface area contributed by atoms with Crippen LogP contribution in [-0.2, 0) is 0 Å². The van der Waals surface area contributed by atoms with E-state index in [0.29, 0.717) is 17.1 Å². The van der Waals surface area contributed by atoms with Gasteiger partial charge in [-0.05, 0) is 49.2 Å². The predicted octanol–water partition coefficient (Wildman–Crippen LogP) is 4.90. The Bertz CT molecular complexity index is 1110. The van der Waals surface area contributed by atoms with E-state index < -0.39 is 12.3 Å². The van der Waals surface area contributed by atoms with Crippen molar-refractivity contribution >= 4 is 17.4 Å². The highest BCUT2D eigenvalue weighted by molar-refractivity contribution is 6.05. The SMILES string of the molecule is COc1ccc(-c2cc(C(=O)Nc3ccc(OC(F)(F)F)cc3)cnc2N2CCCC2)cn1. The van der Waals surface area contributed by atoms with Crippen LogP contribution in [0.15, 0.2) is 54.9 Å². The van der Waals surface area contributed by atoms with Crippen molar-refractivity contribution in [2.45, 2.75) is 19.2 Å². The van der Waals surface area contributed by atoms with Gasteiger partial charge >= 0.3 is 6.36 Å². The molecule has 0 bridgehead atoms. The Balaban J connectivity index is 1.58. The number of nitrogens with one attached hydrogen (secondary N) is 1. The third-order valence-corrected chi connectivity index (χ3v) is 5.14. The molecule has 172 valence electrons. The lowest BCUT2D eigenvalue weighted by atomic mass is 10.1. The first-order valence-corrected chi connectivity index (χ1v) is 10.2. The van der Waals surface area contributed by atoms with Crippen LogP contribution in [0.5, 0.6) is 11.6 Å². The van der Waals surface area contributed by atoms with Gasteiger partial charge in [-0.3, -0.25) is 4.79 Å². The van der Waals surface area contributed by atoms with E-state index in [1.807, 2.05) is 6.07 Å². The molecule has 1 saturated heterocycles. The van der Waals surface area contributed by atoms with Crippen molar-refractivity contribution in [1.29, 1.82) is 0 Å². The van der Waals surface area contributed by atoms with Crippen LogP contribution >= 0.6 is 0 Å². The van der Waals surface area contributed by atoms with E-state index >= 15 is 0 Å². The number of carbonyl (C=O) groups is 1. The molecular weight excluding hydrogens is 437 g/mol. The monoisotopic (exact) mass is 458 g/mol. The maximum absolute atomic E-state index is 12.8. The number of halogens is 3. The average molecular weight is 458 g/mol. The van der Waals surface area contributed by atoms with Gasteiger partial charge in [0.25, 0.3) is 5.91 Å². The number of rotatable bonds is 6. The normalized spacial score (nSPS) is 13.6. The summed E-state index contributed by atoms with van der Waals surface area (Å²) in [6, 6.07) is 10.3. The second kappa shape index (κ2) is 9.35. The summed E-state index contributed by atoms with van der Waals surface area (Å²) >= 11 is 0. The van der Waals surface area contributed by atoms with Crippen LogP contribution in [-0.4, -0.2) is 42.4 Å². The third-order valence-electron chi connectivity index (χ3n) is 5.14. The lowest BCUT2D eigenvalue weighted by Crippen LogP contribution is -2.21. The fourth-order valence-electron chi connectivity index (χ4n) is 3.58. The van der Waals surface area contributed by atoms with E-state index in [9.17, 15) is 18.0 Å². The van der Waals surface area contributed by atoms with E-state index in [1.165, 1.54) is 25.4 Å². The Morgan fingerprint density at radius 2 is 1.76 bits per heavy atom. The van der Waals surface area contributed by atoms with Gasteiger partial charge in [-0.1, -0.05) is 0 Å². The molecule has 3 aromatic rings. The van der Waals surface area contributed by atoms with Gasteiger partial charge in [0.1, 0.15) is 11.6 Å². The van der Waals surface area contributed by atoms with Crippen molar-refractivity contribution < 1.29 is 27.4 Å². The molecule has 10 heteroatoms. The predicted molar refractivity (Wildman–Crippen MR) is 117 cm³/mol. The summed E-state index contributed by atoms with van der Waals surface area (Å²) in [7, 11) is 1.53. The summed E-state index contributed by atoms with van der Waals surface area (Å²) in [6.45, 7) is 1.75. The standard InChI is InChI=1S/C23H21F3N4O3/c1-32-20-9-4-15(13-27-20)19-12-16(14-28-21(19)30-10-2-3-11-30)22(31)29-17-5-7-18(8-6-17)33-23(24,25)26/h4-9,12-14H,2-3,10-11H2,1H3,(H,29,31). The number of ether oxygens (including phenoxy) is 2. The first kappa shape index (κ1) is 22.4. The van der Waals surface area contributed by atoms with Gasteiger partial charge in [0, 0.05) is 48.4 Å². The quantitative estimate of drug-likeness (QED) is 0.566. The molecule has 1 aromatic carbocycles. The zero-order chi connectivity index (χ0) is 23.4. The molecule has 0 atom stereocenters. The molecule has 33 heavy (non-hydrogen) atoms. The second-order valence-corrected chi connectivity index (χ2v) is 7.40. The van der Waals surface area contributed by atoms with Gasteiger partial charge < -0.3 is 19.7 Å². The molecule has 4 rings (SSSR count). The Morgan fingerprint density at radius 1 is 1.03 bits per heavy atom. The van der Waals surface area contributed by atoms with Crippen molar-refractivity contribution in [1.82, 2.24) is 9.97 Å². The van der Waals surface area contributed by atoms with E-state index in [4.69, 9.17) is 4.74 Å². The molecule has 1 N–H and O–H groups in total. The van der Waals surface area contributed by atoms with Crippen molar-refractivity contribution in [3.8, 4) is 22.8 Å². The fraction of sp³-hybridized carbons (Fsp3) is 0.261. The van der Waals surface area contributed by atoms with Crippen molar-refractivity contribution in [2.24, 2.45) is 0 Å². The number of alkyl halides is 3. The molecule has 1 aliphatic rings. The molecule has 3 heterocycles. The third kappa shape index (κ3) is 5.51. The van der Waals surface area contributed by atoms with Crippen molar-refractivity contribution in [3.05, 3.63) is 60.4 Å². The lowest BCUT2D eigenvalue weighted by Gasteiger charge is -2.21. The number of amides is 1. The highest BCUT2D eigenvalue weighted by Gasteiger charge is 2.31. The number of anilines is 2. The average Bonchev–Trinajstić information content (AvgIpc) is 3.34. The summed E-state index contributed by atoms with van der Waals surface area (Å²) in [5.41, 5.74) is 2.17. The van der Waals surface area contributed by atoms with Gasteiger partial charge in [-0.2, -0.15) is 0 Å². The Hall–Kier alpha value is -3.82. The number of nitrogens with zero attached hydrogens (tertiary/aromatic N) is 3. The summed E-state index contributed by atoms with van der Waals surface area (Å²) in [6.07, 6.45) is 0.512. The molecule has 2 aromatic heterocycles. The van der Waals surface area contributed by atoms with E-state index in [2.05, 4.69) is 24.9 Å². The van der Waals surface area contributed by atoms with Gasteiger partial charge in [-0.25, -0.2) is 9.97 Å². The fourth-order valence-corrected chi connectivity index (χ4v) is 3.58. The van der Waals surface area contributed by atoms with Crippen LogP contribution in [0.4, 0.5) is 24.7 Å². The first-order valence-electron chi connectivity index (χ1n) is 10.2. The number of methoxy groups -OCH3 is 1. The number of pyridine rings is 2. The van der Waals surface area contributed by atoms with Gasteiger partial charge in [0.05, 0.1) is 12.7 Å². The maximum atomic E-state index is 12.8. The second-order valence-electron chi connectivity index (χ2n) is 7.40. The maximum Gasteiger partial charge on any atom is 0.573 e. The minimum absolute atomic E-state index is 0.305. The van der Waals surface area contributed by atoms with Crippen LogP contribution in [0.1, 0.15) is 23.2 Å². The molecule has 0 saturated carbocycles. The van der Waals surface area contributed by atoms with Gasteiger partial charge in [-0.15, -0.1) is 13.2 Å². The topological polar surface area (TPSA) is 76.6 Å². The van der Waals surface area contributed by atoms with E-state index in [1.54, 1.807) is 18.3 Å². The molecule has 0 radical (unpaired) electrons. The minimum Gasteiger partial charge on any atom is -0.481 e. The van der Waals surface area contributed by atoms with E-state index in [-0.39, 0.29) is 5.75 Å². The zero-order valence-corrected chi connectivity index (χ0v) is 17.7.